The SMILES string of the molecule is C=N/C=C\C(=C/C)CC1c2ccccc2CCN1C(=O)c1cc2[nH]c(=O)c3nnc(-c4cc(F)c(O)c(OC)c4)n3c2cc1C. The lowest BCUT2D eigenvalue weighted by atomic mass is 9.87. The number of aryl methyl sites for hydroxylation is 1. The van der Waals surface area contributed by atoms with Gasteiger partial charge >= 0.3 is 0 Å². The number of aromatic hydroxyl groups is 1. The number of aliphatic imine (C=N–C) groups is 1. The van der Waals surface area contributed by atoms with E-state index in [9.17, 15) is 19.1 Å². The van der Waals surface area contributed by atoms with Crippen LogP contribution in [0.3, 0.4) is 0 Å². The Labute approximate surface area is 257 Å². The maximum Gasteiger partial charge on any atom is 0.294 e. The number of halogens is 1. The van der Waals surface area contributed by atoms with Crippen LogP contribution in [0.1, 0.15) is 46.4 Å². The second-order valence-corrected chi connectivity index (χ2v) is 10.9. The quantitative estimate of drug-likeness (QED) is 0.181. The Morgan fingerprint density at radius 3 is 2.80 bits per heavy atom. The zero-order valence-electron chi connectivity index (χ0n) is 25.0. The molecule has 10 nitrogen and oxygen atoms in total. The number of H-pyrrole nitrogens is 1. The van der Waals surface area contributed by atoms with Gasteiger partial charge in [-0.3, -0.25) is 19.0 Å². The molecule has 0 bridgehead atoms. The summed E-state index contributed by atoms with van der Waals surface area (Å²) in [4.78, 5) is 36.1. The lowest BCUT2D eigenvalue weighted by Gasteiger charge is -2.38. The number of fused-ring (bicyclic) bond motifs is 4. The average molecular weight is 607 g/mol. The Balaban J connectivity index is 1.47. The van der Waals surface area contributed by atoms with Crippen LogP contribution in [0.5, 0.6) is 11.5 Å². The van der Waals surface area contributed by atoms with Crippen LogP contribution in [0.4, 0.5) is 4.39 Å². The van der Waals surface area contributed by atoms with E-state index in [2.05, 4.69) is 39.0 Å². The number of methoxy groups -OCH3 is 1. The van der Waals surface area contributed by atoms with E-state index in [1.54, 1.807) is 18.3 Å². The summed E-state index contributed by atoms with van der Waals surface area (Å²) in [6.45, 7) is 7.84. The van der Waals surface area contributed by atoms with Crippen LogP contribution in [-0.4, -0.2) is 55.9 Å². The van der Waals surface area contributed by atoms with Crippen molar-refractivity contribution in [1.82, 2.24) is 24.5 Å². The number of rotatable bonds is 7. The predicted molar refractivity (Wildman–Crippen MR) is 170 cm³/mol. The summed E-state index contributed by atoms with van der Waals surface area (Å²) in [5, 5.41) is 18.2. The highest BCUT2D eigenvalue weighted by Crippen LogP contribution is 2.37. The topological polar surface area (TPSA) is 125 Å². The molecule has 0 spiro atoms. The van der Waals surface area contributed by atoms with Crippen molar-refractivity contribution in [2.45, 2.75) is 32.7 Å². The van der Waals surface area contributed by atoms with Gasteiger partial charge in [0, 0.05) is 23.9 Å². The molecule has 3 heterocycles. The van der Waals surface area contributed by atoms with Crippen molar-refractivity contribution in [3.8, 4) is 22.9 Å². The number of carbonyl (C=O) groups is 1. The maximum absolute atomic E-state index is 14.6. The molecule has 1 amide bonds. The Hall–Kier alpha value is -5.58. The molecule has 0 fully saturated rings. The lowest BCUT2D eigenvalue weighted by Crippen LogP contribution is -2.40. The number of aromatic nitrogens is 4. The van der Waals surface area contributed by atoms with Gasteiger partial charge in [-0.25, -0.2) is 4.39 Å². The molecule has 5 aromatic rings. The molecule has 6 rings (SSSR count). The van der Waals surface area contributed by atoms with Crippen LogP contribution < -0.4 is 10.3 Å². The number of ether oxygens (including phenoxy) is 1. The molecular weight excluding hydrogens is 575 g/mol. The minimum atomic E-state index is -0.908. The third-order valence-corrected chi connectivity index (χ3v) is 8.30. The molecule has 3 aromatic carbocycles. The Morgan fingerprint density at radius 2 is 2.04 bits per heavy atom. The minimum Gasteiger partial charge on any atom is -0.502 e. The number of allylic oxidation sites excluding steroid dienone is 2. The highest BCUT2D eigenvalue weighted by molar-refractivity contribution is 5.99. The van der Waals surface area contributed by atoms with E-state index >= 15 is 0 Å². The third kappa shape index (κ3) is 5.16. The van der Waals surface area contributed by atoms with Crippen molar-refractivity contribution < 1.29 is 19.0 Å². The van der Waals surface area contributed by atoms with Crippen molar-refractivity contribution in [3.05, 3.63) is 111 Å². The molecule has 0 radical (unpaired) electrons. The number of amides is 1. The molecule has 2 aromatic heterocycles. The van der Waals surface area contributed by atoms with Gasteiger partial charge in [0.25, 0.3) is 11.5 Å². The van der Waals surface area contributed by atoms with Crippen molar-refractivity contribution in [3.63, 3.8) is 0 Å². The molecule has 11 heteroatoms. The number of aromatic amines is 1. The monoisotopic (exact) mass is 606 g/mol. The predicted octanol–water partition coefficient (Wildman–Crippen LogP) is 5.69. The second-order valence-electron chi connectivity index (χ2n) is 10.9. The van der Waals surface area contributed by atoms with E-state index in [1.165, 1.54) is 23.1 Å². The molecule has 228 valence electrons. The first kappa shape index (κ1) is 29.5. The normalized spacial score (nSPS) is 15.2. The van der Waals surface area contributed by atoms with Crippen LogP contribution in [0.25, 0.3) is 28.1 Å². The summed E-state index contributed by atoms with van der Waals surface area (Å²) in [5.41, 5.74) is 5.06. The Morgan fingerprint density at radius 1 is 1.24 bits per heavy atom. The number of hydrogen-bond donors (Lipinski definition) is 2. The van der Waals surface area contributed by atoms with Crippen molar-refractivity contribution >= 4 is 29.3 Å². The number of nitrogens with one attached hydrogen (secondary N) is 1. The highest BCUT2D eigenvalue weighted by Gasteiger charge is 2.32. The second kappa shape index (κ2) is 11.8. The summed E-state index contributed by atoms with van der Waals surface area (Å²) < 4.78 is 21.2. The highest BCUT2D eigenvalue weighted by atomic mass is 19.1. The number of phenols is 1. The summed E-state index contributed by atoms with van der Waals surface area (Å²) in [6.07, 6.45) is 6.85. The van der Waals surface area contributed by atoms with E-state index in [0.29, 0.717) is 41.5 Å². The lowest BCUT2D eigenvalue weighted by molar-refractivity contribution is 0.0660. The van der Waals surface area contributed by atoms with Crippen molar-refractivity contribution in [2.24, 2.45) is 4.99 Å². The minimum absolute atomic E-state index is 0.00270. The van der Waals surface area contributed by atoms with Crippen LogP contribution in [-0.2, 0) is 6.42 Å². The van der Waals surface area contributed by atoms with Gasteiger partial charge in [-0.15, -0.1) is 10.2 Å². The Kier molecular flexibility index (Phi) is 7.76. The summed E-state index contributed by atoms with van der Waals surface area (Å²) >= 11 is 0. The Bertz CT molecular complexity index is 2110. The molecule has 45 heavy (non-hydrogen) atoms. The molecule has 0 saturated carbocycles. The van der Waals surface area contributed by atoms with Gasteiger partial charge < -0.3 is 19.7 Å². The van der Waals surface area contributed by atoms with Crippen molar-refractivity contribution in [2.75, 3.05) is 13.7 Å². The largest absolute Gasteiger partial charge is 0.502 e. The van der Waals surface area contributed by atoms with Crippen LogP contribution in [0.15, 0.2) is 82.2 Å². The molecule has 1 aliphatic rings. The summed E-state index contributed by atoms with van der Waals surface area (Å²) in [7, 11) is 1.31. The molecular formula is C34H31FN6O4. The number of phenolic OH excluding ortho intramolecular Hbond substituents is 1. The first-order valence-corrected chi connectivity index (χ1v) is 14.4. The molecule has 2 N–H and O–H groups in total. The van der Waals surface area contributed by atoms with E-state index in [4.69, 9.17) is 4.74 Å². The van der Waals surface area contributed by atoms with Gasteiger partial charge in [0.2, 0.25) is 5.65 Å². The molecule has 1 aliphatic heterocycles. The smallest absolute Gasteiger partial charge is 0.294 e. The summed E-state index contributed by atoms with van der Waals surface area (Å²) in [6, 6.07) is 13.9. The zero-order valence-corrected chi connectivity index (χ0v) is 25.0. The number of nitrogens with zero attached hydrogens (tertiary/aromatic N) is 5. The van der Waals surface area contributed by atoms with E-state index in [1.807, 2.05) is 43.0 Å². The fourth-order valence-corrected chi connectivity index (χ4v) is 6.01. The first-order chi connectivity index (χ1) is 21.7. The van der Waals surface area contributed by atoms with E-state index < -0.39 is 17.1 Å². The fraction of sp³-hybridized carbons (Fsp3) is 0.206. The standard InChI is InChI=1S/C34H31FN6O4/c1-5-20(10-12-36-3)15-27-23-9-7-6-8-21(23)11-13-40(27)34(44)24-18-26-28(14-19(24)2)41-31(38-39-32(41)33(43)37-26)22-16-25(35)30(42)29(17-22)45-4/h5-10,12,14,16-18,27,42H,3,11,13,15H2,1-2,4H3,(H,37,43)/b12-10-,20-5+. The third-order valence-electron chi connectivity index (χ3n) is 8.30. The van der Waals surface area contributed by atoms with Gasteiger partial charge in [-0.05, 0) is 86.0 Å². The van der Waals surface area contributed by atoms with Gasteiger partial charge in [0.05, 0.1) is 24.2 Å². The van der Waals surface area contributed by atoms with Gasteiger partial charge in [0.1, 0.15) is 0 Å². The number of benzene rings is 3. The van der Waals surface area contributed by atoms with Crippen LogP contribution in [0.2, 0.25) is 0 Å². The molecule has 1 atom stereocenters. The van der Waals surface area contributed by atoms with Crippen LogP contribution in [0, 0.1) is 12.7 Å². The molecule has 0 aliphatic carbocycles. The van der Waals surface area contributed by atoms with Gasteiger partial charge in [-0.2, -0.15) is 0 Å². The zero-order chi connectivity index (χ0) is 31.8. The molecule has 1 unspecified atom stereocenters. The van der Waals surface area contributed by atoms with Gasteiger partial charge in [-0.1, -0.05) is 30.3 Å². The number of carbonyl (C=O) groups excluding carboxylic acids is 1. The molecule has 0 saturated heterocycles. The first-order valence-electron chi connectivity index (χ1n) is 14.4. The van der Waals surface area contributed by atoms with E-state index in [0.717, 1.165) is 17.2 Å². The summed E-state index contributed by atoms with van der Waals surface area (Å²) in [5.74, 6) is -1.62. The van der Waals surface area contributed by atoms with E-state index in [-0.39, 0.29) is 34.7 Å². The average Bonchev–Trinajstić information content (AvgIpc) is 3.50. The van der Waals surface area contributed by atoms with Gasteiger partial charge in [0.15, 0.2) is 23.1 Å². The van der Waals surface area contributed by atoms with Crippen LogP contribution >= 0.6 is 0 Å². The maximum atomic E-state index is 14.6. The number of hydrogen-bond acceptors (Lipinski definition) is 7. The van der Waals surface area contributed by atoms with Crippen molar-refractivity contribution in [1.29, 1.82) is 0 Å². The fourth-order valence-electron chi connectivity index (χ4n) is 6.01.